The van der Waals surface area contributed by atoms with Gasteiger partial charge < -0.3 is 5.32 Å². The number of hydrogen-bond acceptors (Lipinski definition) is 6. The molecule has 1 rings (SSSR count). The maximum absolute atomic E-state index is 11.8. The van der Waals surface area contributed by atoms with Crippen molar-refractivity contribution in [2.75, 3.05) is 12.4 Å². The zero-order valence-electron chi connectivity index (χ0n) is 9.55. The van der Waals surface area contributed by atoms with Crippen LogP contribution in [-0.4, -0.2) is 26.4 Å². The molecule has 1 heterocycles. The van der Waals surface area contributed by atoms with E-state index in [0.29, 0.717) is 0 Å². The molecule has 0 aliphatic carbocycles. The van der Waals surface area contributed by atoms with Gasteiger partial charge in [-0.2, -0.15) is 0 Å². The Morgan fingerprint density at radius 2 is 2.06 bits per heavy atom. The predicted octanol–water partition coefficient (Wildman–Crippen LogP) is 1.38. The molecule has 0 spiro atoms. The second-order valence-corrected chi connectivity index (χ2v) is 6.56. The summed E-state index contributed by atoms with van der Waals surface area (Å²) in [5.41, 5.74) is -0.235. The number of hydrogen-bond donors (Lipinski definition) is 2. The van der Waals surface area contributed by atoms with Crippen LogP contribution in [0.5, 0.6) is 0 Å². The Labute approximate surface area is 103 Å². The molecule has 17 heavy (non-hydrogen) atoms. The summed E-state index contributed by atoms with van der Waals surface area (Å²) in [6, 6.07) is 0.792. The molecule has 0 fully saturated rings. The average molecular weight is 279 g/mol. The molecular weight excluding hydrogens is 266 g/mol. The Balaban J connectivity index is 3.21. The Morgan fingerprint density at radius 1 is 1.47 bits per heavy atom. The van der Waals surface area contributed by atoms with Gasteiger partial charge in [0.25, 0.3) is 10.0 Å². The van der Waals surface area contributed by atoms with Gasteiger partial charge in [-0.15, -0.1) is 0 Å². The SMILES string of the molecule is CNc1sc(S(=O)(=O)NC(C)C)cc1[N+](=O)[O-]. The van der Waals surface area contributed by atoms with Gasteiger partial charge in [-0.05, 0) is 13.8 Å². The minimum absolute atomic E-state index is 0.0674. The molecule has 0 amide bonds. The van der Waals surface area contributed by atoms with Crippen molar-refractivity contribution in [3.63, 3.8) is 0 Å². The molecule has 0 saturated heterocycles. The number of nitrogens with one attached hydrogen (secondary N) is 2. The molecule has 0 saturated carbocycles. The lowest BCUT2D eigenvalue weighted by molar-refractivity contribution is -0.383. The molecule has 0 unspecified atom stereocenters. The van der Waals surface area contributed by atoms with E-state index in [1.54, 1.807) is 13.8 Å². The maximum Gasteiger partial charge on any atom is 0.304 e. The quantitative estimate of drug-likeness (QED) is 0.626. The van der Waals surface area contributed by atoms with Crippen molar-refractivity contribution in [3.8, 4) is 0 Å². The Morgan fingerprint density at radius 3 is 2.41 bits per heavy atom. The second-order valence-electron chi connectivity index (χ2n) is 3.56. The first kappa shape index (κ1) is 13.9. The van der Waals surface area contributed by atoms with Crippen molar-refractivity contribution in [1.82, 2.24) is 4.72 Å². The first-order valence-corrected chi connectivity index (χ1v) is 7.06. The Kier molecular flexibility index (Phi) is 4.07. The highest BCUT2D eigenvalue weighted by Crippen LogP contribution is 2.36. The van der Waals surface area contributed by atoms with Crippen LogP contribution in [0.25, 0.3) is 0 Å². The lowest BCUT2D eigenvalue weighted by atomic mass is 10.4. The van der Waals surface area contributed by atoms with E-state index in [1.165, 1.54) is 7.05 Å². The highest BCUT2D eigenvalue weighted by Gasteiger charge is 2.25. The number of nitro groups is 1. The van der Waals surface area contributed by atoms with E-state index in [2.05, 4.69) is 10.0 Å². The number of rotatable bonds is 5. The molecule has 2 N–H and O–H groups in total. The van der Waals surface area contributed by atoms with Crippen LogP contribution in [0.15, 0.2) is 10.3 Å². The van der Waals surface area contributed by atoms with E-state index in [4.69, 9.17) is 0 Å². The molecule has 1 aromatic rings. The van der Waals surface area contributed by atoms with E-state index in [0.717, 1.165) is 17.4 Å². The summed E-state index contributed by atoms with van der Waals surface area (Å²) < 4.78 is 25.9. The van der Waals surface area contributed by atoms with Crippen molar-refractivity contribution in [2.24, 2.45) is 0 Å². The monoisotopic (exact) mass is 279 g/mol. The highest BCUT2D eigenvalue weighted by atomic mass is 32.2. The Bertz CT molecular complexity index is 521. The van der Waals surface area contributed by atoms with E-state index in [-0.39, 0.29) is 20.9 Å². The molecule has 9 heteroatoms. The van der Waals surface area contributed by atoms with E-state index in [1.807, 2.05) is 0 Å². The van der Waals surface area contributed by atoms with Gasteiger partial charge >= 0.3 is 5.69 Å². The third kappa shape index (κ3) is 3.14. The summed E-state index contributed by atoms with van der Waals surface area (Å²) in [4.78, 5) is 10.1. The molecule has 0 radical (unpaired) electrons. The molecule has 0 aromatic carbocycles. The lowest BCUT2D eigenvalue weighted by Crippen LogP contribution is -2.29. The summed E-state index contributed by atoms with van der Waals surface area (Å²) in [5.74, 6) is 0. The van der Waals surface area contributed by atoms with Crippen molar-refractivity contribution < 1.29 is 13.3 Å². The van der Waals surface area contributed by atoms with E-state index >= 15 is 0 Å². The molecule has 0 aliphatic rings. The van der Waals surface area contributed by atoms with Crippen molar-refractivity contribution in [3.05, 3.63) is 16.2 Å². The average Bonchev–Trinajstić information content (AvgIpc) is 2.59. The molecular formula is C8H13N3O4S2. The van der Waals surface area contributed by atoms with Crippen molar-refractivity contribution >= 4 is 32.0 Å². The summed E-state index contributed by atoms with van der Waals surface area (Å²) in [6.45, 7) is 3.36. The number of thiophene rings is 1. The fourth-order valence-corrected chi connectivity index (χ4v) is 3.72. The van der Waals surface area contributed by atoms with Crippen LogP contribution in [-0.2, 0) is 10.0 Å². The number of sulfonamides is 1. The molecule has 0 aliphatic heterocycles. The van der Waals surface area contributed by atoms with E-state index in [9.17, 15) is 18.5 Å². The molecule has 0 atom stereocenters. The van der Waals surface area contributed by atoms with Crippen LogP contribution < -0.4 is 10.0 Å². The third-order valence-electron chi connectivity index (χ3n) is 1.77. The minimum atomic E-state index is -3.68. The van der Waals surface area contributed by atoms with Gasteiger partial charge in [-0.25, -0.2) is 13.1 Å². The van der Waals surface area contributed by atoms with Gasteiger partial charge in [-0.3, -0.25) is 10.1 Å². The lowest BCUT2D eigenvalue weighted by Gasteiger charge is -2.06. The van der Waals surface area contributed by atoms with Gasteiger partial charge in [0, 0.05) is 19.2 Å². The molecule has 0 bridgehead atoms. The van der Waals surface area contributed by atoms with Gasteiger partial charge in [0.05, 0.1) is 4.92 Å². The molecule has 1 aromatic heterocycles. The normalized spacial score (nSPS) is 11.8. The van der Waals surface area contributed by atoms with Crippen LogP contribution in [0.3, 0.4) is 0 Å². The summed E-state index contributed by atoms with van der Waals surface area (Å²) in [7, 11) is -2.18. The van der Waals surface area contributed by atoms with Crippen LogP contribution in [0, 0.1) is 10.1 Å². The number of nitrogens with zero attached hydrogens (tertiary/aromatic N) is 1. The maximum atomic E-state index is 11.8. The first-order chi connectivity index (χ1) is 7.77. The van der Waals surface area contributed by atoms with Gasteiger partial charge in [0.15, 0.2) is 5.00 Å². The van der Waals surface area contributed by atoms with E-state index < -0.39 is 14.9 Å². The standard InChI is InChI=1S/C8H13N3O4S2/c1-5(2)10-17(14,15)7-4-6(11(12)13)8(9-3)16-7/h4-5,9-10H,1-3H3. The number of anilines is 1. The summed E-state index contributed by atoms with van der Waals surface area (Å²) in [6.07, 6.45) is 0. The smallest absolute Gasteiger partial charge is 0.304 e. The zero-order valence-corrected chi connectivity index (χ0v) is 11.2. The van der Waals surface area contributed by atoms with Crippen molar-refractivity contribution in [1.29, 1.82) is 0 Å². The highest BCUT2D eigenvalue weighted by molar-refractivity contribution is 7.91. The van der Waals surface area contributed by atoms with Crippen molar-refractivity contribution in [2.45, 2.75) is 24.1 Å². The molecule has 7 nitrogen and oxygen atoms in total. The topological polar surface area (TPSA) is 101 Å². The summed E-state index contributed by atoms with van der Waals surface area (Å²) in [5, 5.41) is 13.5. The van der Waals surface area contributed by atoms with Crippen LogP contribution in [0.4, 0.5) is 10.7 Å². The molecule has 96 valence electrons. The van der Waals surface area contributed by atoms with Crippen LogP contribution >= 0.6 is 11.3 Å². The van der Waals surface area contributed by atoms with Gasteiger partial charge in [0.1, 0.15) is 4.21 Å². The van der Waals surface area contributed by atoms with Gasteiger partial charge in [0.2, 0.25) is 0 Å². The summed E-state index contributed by atoms with van der Waals surface area (Å²) >= 11 is 0.834. The fraction of sp³-hybridized carbons (Fsp3) is 0.500. The second kappa shape index (κ2) is 4.98. The minimum Gasteiger partial charge on any atom is -0.374 e. The van der Waals surface area contributed by atoms with Gasteiger partial charge in [-0.1, -0.05) is 11.3 Å². The Hall–Kier alpha value is -1.19. The fourth-order valence-electron chi connectivity index (χ4n) is 1.18. The largest absolute Gasteiger partial charge is 0.374 e. The third-order valence-corrected chi connectivity index (χ3v) is 5.04. The zero-order chi connectivity index (χ0) is 13.2. The van der Waals surface area contributed by atoms with Crippen LogP contribution in [0.2, 0.25) is 0 Å². The predicted molar refractivity (Wildman–Crippen MR) is 66.0 cm³/mol. The first-order valence-electron chi connectivity index (χ1n) is 4.76. The van der Waals surface area contributed by atoms with Crippen LogP contribution in [0.1, 0.15) is 13.8 Å².